The van der Waals surface area contributed by atoms with Crippen LogP contribution in [0.5, 0.6) is 0 Å². The van der Waals surface area contributed by atoms with Crippen LogP contribution in [0.3, 0.4) is 0 Å². The Morgan fingerprint density at radius 1 is 1.09 bits per heavy atom. The van der Waals surface area contributed by atoms with Crippen LogP contribution < -0.4 is 0 Å². The summed E-state index contributed by atoms with van der Waals surface area (Å²) in [5.41, 5.74) is 2.55. The van der Waals surface area contributed by atoms with Crippen molar-refractivity contribution in [3.63, 3.8) is 0 Å². The van der Waals surface area contributed by atoms with Crippen LogP contribution in [-0.2, 0) is 26.9 Å². The maximum atomic E-state index is 13.4. The zero-order chi connectivity index (χ0) is 24.3. The summed E-state index contributed by atoms with van der Waals surface area (Å²) >= 11 is 0. The Labute approximate surface area is 197 Å². The number of sulfone groups is 1. The van der Waals surface area contributed by atoms with E-state index in [4.69, 9.17) is 9.26 Å². The number of hydrogen-bond acceptors (Lipinski definition) is 10. The summed E-state index contributed by atoms with van der Waals surface area (Å²) in [5, 5.41) is 11.3. The van der Waals surface area contributed by atoms with Gasteiger partial charge in [0.15, 0.2) is 21.4 Å². The average molecular weight is 484 g/mol. The fourth-order valence-electron chi connectivity index (χ4n) is 3.55. The topological polar surface area (TPSA) is 139 Å². The van der Waals surface area contributed by atoms with Gasteiger partial charge >= 0.3 is 0 Å². The van der Waals surface area contributed by atoms with Gasteiger partial charge in [-0.15, -0.1) is 10.2 Å². The Balaban J connectivity index is 1.68. The molecular weight excluding hydrogens is 458 g/mol. The second kappa shape index (κ2) is 9.77. The van der Waals surface area contributed by atoms with Gasteiger partial charge < -0.3 is 13.8 Å². The van der Waals surface area contributed by atoms with Gasteiger partial charge in [0.2, 0.25) is 0 Å². The van der Waals surface area contributed by atoms with E-state index in [0.717, 1.165) is 11.4 Å². The van der Waals surface area contributed by atoms with E-state index in [1.165, 1.54) is 19.5 Å². The molecule has 0 amide bonds. The molecule has 12 heteroatoms. The monoisotopic (exact) mass is 483 g/mol. The first-order chi connectivity index (χ1) is 16.3. The van der Waals surface area contributed by atoms with Crippen LogP contribution in [0.2, 0.25) is 0 Å². The quantitative estimate of drug-likeness (QED) is 0.349. The normalized spacial score (nSPS) is 13.6. The van der Waals surface area contributed by atoms with Gasteiger partial charge in [-0.25, -0.2) is 13.4 Å². The predicted octanol–water partition coefficient (Wildman–Crippen LogP) is 2.47. The van der Waals surface area contributed by atoms with Crippen LogP contribution in [0, 0.1) is 13.8 Å². The van der Waals surface area contributed by atoms with Gasteiger partial charge in [-0.2, -0.15) is 0 Å². The first-order valence-electron chi connectivity index (χ1n) is 10.6. The Morgan fingerprint density at radius 2 is 1.91 bits per heavy atom. The first-order valence-corrected chi connectivity index (χ1v) is 12.3. The molecule has 4 aromatic rings. The molecule has 2 atom stereocenters. The van der Waals surface area contributed by atoms with Crippen LogP contribution in [0.4, 0.5) is 0 Å². The zero-order valence-corrected chi connectivity index (χ0v) is 20.1. The lowest BCUT2D eigenvalue weighted by Gasteiger charge is -2.22. The van der Waals surface area contributed by atoms with E-state index in [9.17, 15) is 8.42 Å². The fraction of sp³-hybridized carbons (Fsp3) is 0.364. The second-order valence-corrected chi connectivity index (χ2v) is 10.3. The summed E-state index contributed by atoms with van der Waals surface area (Å²) in [6, 6.07) is 7.22. The molecule has 11 nitrogen and oxygen atoms in total. The molecule has 0 aliphatic carbocycles. The zero-order valence-electron chi connectivity index (χ0n) is 19.3. The van der Waals surface area contributed by atoms with Crippen LogP contribution in [0.1, 0.15) is 41.7 Å². The number of aryl methyl sites for hydroxylation is 2. The van der Waals surface area contributed by atoms with Crippen molar-refractivity contribution in [3.8, 4) is 11.5 Å². The number of rotatable bonds is 9. The molecule has 4 aromatic heterocycles. The van der Waals surface area contributed by atoms with Crippen molar-refractivity contribution >= 4 is 9.84 Å². The fourth-order valence-corrected chi connectivity index (χ4v) is 5.01. The van der Waals surface area contributed by atoms with Crippen LogP contribution in [0.15, 0.2) is 47.4 Å². The van der Waals surface area contributed by atoms with Gasteiger partial charge in [0.05, 0.1) is 35.6 Å². The van der Waals surface area contributed by atoms with Crippen molar-refractivity contribution in [3.05, 3.63) is 71.5 Å². The highest BCUT2D eigenvalue weighted by Gasteiger charge is 2.34. The van der Waals surface area contributed by atoms with Gasteiger partial charge in [0, 0.05) is 25.1 Å². The Hall–Kier alpha value is -3.51. The molecule has 178 valence electrons. The molecule has 0 aliphatic heterocycles. The molecular formula is C22H25N7O4S. The molecule has 0 bridgehead atoms. The van der Waals surface area contributed by atoms with Crippen molar-refractivity contribution in [2.75, 3.05) is 7.11 Å². The van der Waals surface area contributed by atoms with E-state index in [1.54, 1.807) is 36.7 Å². The smallest absolute Gasteiger partial charge is 0.183 e. The van der Waals surface area contributed by atoms with Gasteiger partial charge in [0.25, 0.3) is 0 Å². The van der Waals surface area contributed by atoms with Crippen molar-refractivity contribution < 1.29 is 17.7 Å². The van der Waals surface area contributed by atoms with Crippen molar-refractivity contribution in [1.82, 2.24) is 34.9 Å². The molecule has 0 unspecified atom stereocenters. The van der Waals surface area contributed by atoms with Gasteiger partial charge in [0.1, 0.15) is 23.4 Å². The second-order valence-electron chi connectivity index (χ2n) is 7.92. The minimum atomic E-state index is -3.74. The third-order valence-corrected chi connectivity index (χ3v) is 7.46. The third kappa shape index (κ3) is 5.02. The van der Waals surface area contributed by atoms with Crippen molar-refractivity contribution in [2.24, 2.45) is 0 Å². The Kier molecular flexibility index (Phi) is 6.80. The molecule has 0 aromatic carbocycles. The third-order valence-electron chi connectivity index (χ3n) is 5.42. The number of pyridine rings is 1. The summed E-state index contributed by atoms with van der Waals surface area (Å²) in [5.74, 6) is 0.863. The SMILES string of the molecule is CO[C@H](c1cnc(C)cn1)[C@H](C)S(=O)(=O)Cc1nnc(-c2cccc(C)n2)n1Cc1ccno1. The predicted molar refractivity (Wildman–Crippen MR) is 122 cm³/mol. The molecule has 4 heterocycles. The summed E-state index contributed by atoms with van der Waals surface area (Å²) in [6.45, 7) is 5.47. The maximum Gasteiger partial charge on any atom is 0.183 e. The summed E-state index contributed by atoms with van der Waals surface area (Å²) in [6.07, 6.45) is 3.84. The summed E-state index contributed by atoms with van der Waals surface area (Å²) in [4.78, 5) is 13.0. The molecule has 0 N–H and O–H groups in total. The van der Waals surface area contributed by atoms with E-state index in [-0.39, 0.29) is 18.1 Å². The van der Waals surface area contributed by atoms with E-state index < -0.39 is 21.2 Å². The lowest BCUT2D eigenvalue weighted by atomic mass is 10.2. The molecule has 4 rings (SSSR count). The minimum Gasteiger partial charge on any atom is -0.374 e. The average Bonchev–Trinajstić information content (AvgIpc) is 3.46. The summed E-state index contributed by atoms with van der Waals surface area (Å²) < 4.78 is 39.3. The van der Waals surface area contributed by atoms with Gasteiger partial charge in [-0.05, 0) is 32.9 Å². The summed E-state index contributed by atoms with van der Waals surface area (Å²) in [7, 11) is -2.29. The van der Waals surface area contributed by atoms with Crippen molar-refractivity contribution in [2.45, 2.75) is 44.4 Å². The van der Waals surface area contributed by atoms with E-state index in [1.807, 2.05) is 19.1 Å². The molecule has 0 saturated carbocycles. The van der Waals surface area contributed by atoms with Crippen LogP contribution in [0.25, 0.3) is 11.5 Å². The molecule has 0 aliphatic rings. The highest BCUT2D eigenvalue weighted by molar-refractivity contribution is 7.91. The molecule has 0 fully saturated rings. The van der Waals surface area contributed by atoms with Crippen LogP contribution in [-0.4, -0.2) is 55.7 Å². The highest BCUT2D eigenvalue weighted by Crippen LogP contribution is 2.27. The lowest BCUT2D eigenvalue weighted by Crippen LogP contribution is -2.29. The Morgan fingerprint density at radius 3 is 2.56 bits per heavy atom. The largest absolute Gasteiger partial charge is 0.374 e. The van der Waals surface area contributed by atoms with Crippen molar-refractivity contribution in [1.29, 1.82) is 0 Å². The molecule has 0 spiro atoms. The highest BCUT2D eigenvalue weighted by atomic mass is 32.2. The Bertz CT molecular complexity index is 1350. The standard InChI is InChI=1S/C22H25N7O4S/c1-14-6-5-7-18(26-14)22-28-27-20(29(22)12-17-8-9-25-33-17)13-34(30,31)16(3)21(32-4)19-11-23-15(2)10-24-19/h5-11,16,21H,12-13H2,1-4H3/t16-,21-/m0/s1. The maximum absolute atomic E-state index is 13.4. The van der Waals surface area contributed by atoms with Gasteiger partial charge in [-0.1, -0.05) is 11.2 Å². The first kappa shape index (κ1) is 23.6. The minimum absolute atomic E-state index is 0.203. The van der Waals surface area contributed by atoms with E-state index >= 15 is 0 Å². The number of aromatic nitrogens is 7. The molecule has 34 heavy (non-hydrogen) atoms. The van der Waals surface area contributed by atoms with Crippen LogP contribution >= 0.6 is 0 Å². The number of ether oxygens (including phenoxy) is 1. The molecule has 0 saturated heterocycles. The van der Waals surface area contributed by atoms with Gasteiger partial charge in [-0.3, -0.25) is 9.97 Å². The lowest BCUT2D eigenvalue weighted by molar-refractivity contribution is 0.0983. The number of nitrogens with zero attached hydrogens (tertiary/aromatic N) is 7. The molecule has 0 radical (unpaired) electrons. The van der Waals surface area contributed by atoms with E-state index in [0.29, 0.717) is 23.0 Å². The van der Waals surface area contributed by atoms with E-state index in [2.05, 4.69) is 30.3 Å². The number of hydrogen-bond donors (Lipinski definition) is 0. The number of methoxy groups -OCH3 is 1.